The molecule has 25 heavy (non-hydrogen) atoms. The number of halogens is 4. The maximum atomic E-state index is 15.4. The molecule has 2 N–H and O–H groups in total. The van der Waals surface area contributed by atoms with Gasteiger partial charge in [0.15, 0.2) is 0 Å². The second-order valence-corrected chi connectivity index (χ2v) is 6.67. The van der Waals surface area contributed by atoms with Crippen molar-refractivity contribution < 1.29 is 18.7 Å². The van der Waals surface area contributed by atoms with Crippen LogP contribution in [0, 0.1) is 5.82 Å². The molecule has 1 aromatic heterocycles. The van der Waals surface area contributed by atoms with Crippen LogP contribution >= 0.6 is 23.2 Å². The average Bonchev–Trinajstić information content (AvgIpc) is 2.57. The van der Waals surface area contributed by atoms with E-state index < -0.39 is 23.5 Å². The van der Waals surface area contributed by atoms with Crippen molar-refractivity contribution in [1.82, 2.24) is 10.3 Å². The predicted molar refractivity (Wildman–Crippen MR) is 89.5 cm³/mol. The Morgan fingerprint density at radius 3 is 2.92 bits per heavy atom. The van der Waals surface area contributed by atoms with Crippen molar-refractivity contribution in [3.8, 4) is 0 Å². The lowest BCUT2D eigenvalue weighted by Crippen LogP contribution is -2.44. The number of aromatic nitrogens is 1. The number of hydrogen-bond donors (Lipinski definition) is 2. The molecule has 2 aromatic rings. The lowest BCUT2D eigenvalue weighted by atomic mass is 9.81. The van der Waals surface area contributed by atoms with E-state index in [0.29, 0.717) is 0 Å². The van der Waals surface area contributed by atoms with Gasteiger partial charge in [-0.15, -0.1) is 0 Å². The van der Waals surface area contributed by atoms with E-state index >= 15 is 4.39 Å². The number of pyridine rings is 1. The third-order valence-electron chi connectivity index (χ3n) is 4.23. The van der Waals surface area contributed by atoms with Crippen LogP contribution in [-0.2, 0) is 17.0 Å². The van der Waals surface area contributed by atoms with Crippen molar-refractivity contribution in [3.63, 3.8) is 0 Å². The highest BCUT2D eigenvalue weighted by Crippen LogP contribution is 2.42. The molecule has 3 rings (SSSR count). The van der Waals surface area contributed by atoms with E-state index in [1.54, 1.807) is 0 Å². The fourth-order valence-corrected chi connectivity index (χ4v) is 3.45. The molecule has 1 aliphatic rings. The maximum absolute atomic E-state index is 15.4. The molecule has 0 aliphatic heterocycles. The van der Waals surface area contributed by atoms with Gasteiger partial charge in [-0.1, -0.05) is 29.3 Å². The first-order chi connectivity index (χ1) is 11.8. The van der Waals surface area contributed by atoms with Crippen molar-refractivity contribution in [1.29, 1.82) is 0 Å². The van der Waals surface area contributed by atoms with Crippen molar-refractivity contribution in [2.45, 2.75) is 31.2 Å². The van der Waals surface area contributed by atoms with Gasteiger partial charge in [-0.3, -0.25) is 9.78 Å². The number of alkyl halides is 1. The van der Waals surface area contributed by atoms with Crippen LogP contribution in [0.1, 0.15) is 35.8 Å². The third kappa shape index (κ3) is 3.34. The van der Waals surface area contributed by atoms with Crippen molar-refractivity contribution >= 4 is 29.1 Å². The summed E-state index contributed by atoms with van der Waals surface area (Å²) in [5.41, 5.74) is -2.17. The van der Waals surface area contributed by atoms with Gasteiger partial charge in [-0.05, 0) is 31.0 Å². The second kappa shape index (κ2) is 6.86. The number of carbonyl (C=O) groups excluding carboxylic acids is 1. The summed E-state index contributed by atoms with van der Waals surface area (Å²) < 4.78 is 29.3. The molecule has 0 saturated carbocycles. The summed E-state index contributed by atoms with van der Waals surface area (Å²) in [7, 11) is 0. The number of nitrogens with zero attached hydrogens (tertiary/aromatic N) is 1. The Kier molecular flexibility index (Phi) is 4.95. The van der Waals surface area contributed by atoms with E-state index in [1.807, 2.05) is 0 Å². The molecule has 0 unspecified atom stereocenters. The number of benzene rings is 1. The highest BCUT2D eigenvalue weighted by atomic mass is 35.5. The first-order valence-corrected chi connectivity index (χ1v) is 8.32. The zero-order valence-corrected chi connectivity index (χ0v) is 14.4. The normalized spacial score (nSPS) is 22.4. The van der Waals surface area contributed by atoms with E-state index in [2.05, 4.69) is 10.3 Å². The summed E-state index contributed by atoms with van der Waals surface area (Å²) in [6, 6.07) is 5.32. The fraction of sp³-hybridized carbons (Fsp3) is 0.294. The molecule has 0 saturated heterocycles. The van der Waals surface area contributed by atoms with E-state index in [4.69, 9.17) is 23.2 Å². The lowest BCUT2D eigenvalue weighted by molar-refractivity contribution is -0.135. The Morgan fingerprint density at radius 2 is 2.20 bits per heavy atom. The lowest BCUT2D eigenvalue weighted by Gasteiger charge is -2.32. The van der Waals surface area contributed by atoms with E-state index in [1.165, 1.54) is 24.4 Å². The summed E-state index contributed by atoms with van der Waals surface area (Å²) in [6.45, 7) is -0.287. The molecule has 0 fully saturated rings. The van der Waals surface area contributed by atoms with Crippen molar-refractivity contribution in [2.75, 3.05) is 0 Å². The molecule has 1 aromatic carbocycles. The van der Waals surface area contributed by atoms with Crippen LogP contribution in [0.2, 0.25) is 10.0 Å². The molecule has 1 aliphatic carbocycles. The molecule has 8 heteroatoms. The summed E-state index contributed by atoms with van der Waals surface area (Å²) >= 11 is 11.6. The third-order valence-corrected chi connectivity index (χ3v) is 4.79. The van der Waals surface area contributed by atoms with Crippen LogP contribution in [0.25, 0.3) is 0 Å². The predicted octanol–water partition coefficient (Wildman–Crippen LogP) is 3.84. The van der Waals surface area contributed by atoms with Crippen LogP contribution in [-0.4, -0.2) is 16.0 Å². The summed E-state index contributed by atoms with van der Waals surface area (Å²) in [5.74, 6) is -1.62. The minimum Gasteiger partial charge on any atom is -0.387 e. The van der Waals surface area contributed by atoms with Crippen LogP contribution in [0.15, 0.2) is 30.5 Å². The fourth-order valence-electron chi connectivity index (χ4n) is 2.91. The quantitative estimate of drug-likeness (QED) is 0.842. The second-order valence-electron chi connectivity index (χ2n) is 5.82. The minimum atomic E-state index is -2.35. The van der Waals surface area contributed by atoms with Gasteiger partial charge in [-0.2, -0.15) is 0 Å². The van der Waals surface area contributed by atoms with Crippen LogP contribution in [0.4, 0.5) is 8.78 Å². The van der Waals surface area contributed by atoms with Gasteiger partial charge in [0, 0.05) is 33.9 Å². The van der Waals surface area contributed by atoms with Gasteiger partial charge in [-0.25, -0.2) is 8.78 Å². The van der Waals surface area contributed by atoms with Gasteiger partial charge in [0.2, 0.25) is 5.67 Å². The molecular weight excluding hydrogens is 373 g/mol. The number of aliphatic hydroxyl groups is 1. The van der Waals surface area contributed by atoms with E-state index in [9.17, 15) is 14.3 Å². The Labute approximate surface area is 152 Å². The Bertz CT molecular complexity index is 811. The smallest absolute Gasteiger partial charge is 0.262 e. The van der Waals surface area contributed by atoms with E-state index in [0.717, 1.165) is 6.07 Å². The molecule has 0 radical (unpaired) electrons. The minimum absolute atomic E-state index is 0.0188. The largest absolute Gasteiger partial charge is 0.387 e. The molecule has 1 heterocycles. The van der Waals surface area contributed by atoms with Crippen LogP contribution in [0.3, 0.4) is 0 Å². The van der Waals surface area contributed by atoms with Crippen LogP contribution in [0.5, 0.6) is 0 Å². The first kappa shape index (κ1) is 18.0. The standard InChI is InChI=1S/C17H14Cl2F2N2O2/c18-9-6-12(19)10(13(20)7-9)8-23-16(25)17(21)4-3-14(24)15-11(17)2-1-5-22-15/h1-2,5-7,14,24H,3-4,8H2,(H,23,25)/t14-,17+/m0/s1. The molecular formula is C17H14Cl2F2N2O2. The van der Waals surface area contributed by atoms with Gasteiger partial charge < -0.3 is 10.4 Å². The Balaban J connectivity index is 1.84. The van der Waals surface area contributed by atoms with Crippen LogP contribution < -0.4 is 5.32 Å². The number of nitrogens with one attached hydrogen (secondary N) is 1. The first-order valence-electron chi connectivity index (χ1n) is 7.57. The Morgan fingerprint density at radius 1 is 1.44 bits per heavy atom. The number of aliphatic hydroxyl groups excluding tert-OH is 1. The van der Waals surface area contributed by atoms with Crippen molar-refractivity contribution in [2.24, 2.45) is 0 Å². The molecule has 0 bridgehead atoms. The zero-order valence-electron chi connectivity index (χ0n) is 12.9. The van der Waals surface area contributed by atoms with Gasteiger partial charge >= 0.3 is 0 Å². The monoisotopic (exact) mass is 386 g/mol. The molecule has 132 valence electrons. The number of carbonyl (C=O) groups is 1. The summed E-state index contributed by atoms with van der Waals surface area (Å²) in [6.07, 6.45) is 0.365. The highest BCUT2D eigenvalue weighted by Gasteiger charge is 2.46. The van der Waals surface area contributed by atoms with Crippen molar-refractivity contribution in [3.05, 3.63) is 63.1 Å². The number of fused-ring (bicyclic) bond motifs is 1. The average molecular weight is 387 g/mol. The van der Waals surface area contributed by atoms with E-state index in [-0.39, 0.29) is 46.3 Å². The number of amides is 1. The SMILES string of the molecule is O=C(NCc1c(F)cc(Cl)cc1Cl)[C@@]1(F)CC[C@H](O)c2ncccc21. The Hall–Kier alpha value is -1.76. The van der Waals surface area contributed by atoms with Gasteiger partial charge in [0.05, 0.1) is 11.8 Å². The maximum Gasteiger partial charge on any atom is 0.262 e. The topological polar surface area (TPSA) is 62.2 Å². The van der Waals surface area contributed by atoms with Gasteiger partial charge in [0.25, 0.3) is 5.91 Å². The molecule has 2 atom stereocenters. The summed E-state index contributed by atoms with van der Waals surface area (Å²) in [5, 5.41) is 12.5. The number of rotatable bonds is 3. The summed E-state index contributed by atoms with van der Waals surface area (Å²) in [4.78, 5) is 16.4. The molecule has 0 spiro atoms. The zero-order chi connectivity index (χ0) is 18.2. The molecule has 1 amide bonds. The highest BCUT2D eigenvalue weighted by molar-refractivity contribution is 6.35. The molecule has 4 nitrogen and oxygen atoms in total. The number of hydrogen-bond acceptors (Lipinski definition) is 3. The van der Waals surface area contributed by atoms with Gasteiger partial charge in [0.1, 0.15) is 5.82 Å².